The maximum Gasteiger partial charge on any atom is 0.328 e. The Balaban J connectivity index is 1.53. The molecule has 22 heavy (non-hydrogen) atoms. The lowest BCUT2D eigenvalue weighted by atomic mass is 9.78. The Morgan fingerprint density at radius 1 is 1.23 bits per heavy atom. The number of H-pyrrole nitrogens is 1. The summed E-state index contributed by atoms with van der Waals surface area (Å²) in [7, 11) is 0. The lowest BCUT2D eigenvalue weighted by Gasteiger charge is -2.39. The molecule has 3 atom stereocenters. The van der Waals surface area contributed by atoms with Crippen LogP contribution in [0.4, 0.5) is 4.39 Å². The van der Waals surface area contributed by atoms with Crippen molar-refractivity contribution in [2.45, 2.75) is 25.2 Å². The van der Waals surface area contributed by atoms with Crippen molar-refractivity contribution in [2.24, 2.45) is 5.92 Å². The summed E-state index contributed by atoms with van der Waals surface area (Å²) in [6.07, 6.45) is 0.737. The summed E-state index contributed by atoms with van der Waals surface area (Å²) in [5.74, 6) is -0.215. The van der Waals surface area contributed by atoms with Gasteiger partial charge in [0.05, 0.1) is 19.3 Å². The van der Waals surface area contributed by atoms with Crippen LogP contribution in [0, 0.1) is 5.92 Å². The van der Waals surface area contributed by atoms with Crippen LogP contribution in [0.1, 0.15) is 18.0 Å². The van der Waals surface area contributed by atoms with E-state index in [1.807, 2.05) is 30.3 Å². The Morgan fingerprint density at radius 2 is 2.00 bits per heavy atom. The minimum absolute atomic E-state index is 0.215. The van der Waals surface area contributed by atoms with E-state index in [-0.39, 0.29) is 5.92 Å². The van der Waals surface area contributed by atoms with Crippen LogP contribution in [0.5, 0.6) is 0 Å². The zero-order chi connectivity index (χ0) is 15.5. The van der Waals surface area contributed by atoms with E-state index in [0.717, 1.165) is 5.56 Å². The normalized spacial score (nSPS) is 24.0. The molecule has 1 saturated carbocycles. The number of halogens is 1. The molecule has 3 unspecified atom stereocenters. The first-order valence-electron chi connectivity index (χ1n) is 7.22. The molecule has 1 heterocycles. The molecular formula is C16H17FN2O3. The van der Waals surface area contributed by atoms with Crippen molar-refractivity contribution in [2.75, 3.05) is 6.61 Å². The fraction of sp³-hybridized carbons (Fsp3) is 0.375. The van der Waals surface area contributed by atoms with Crippen molar-refractivity contribution in [1.29, 1.82) is 0 Å². The van der Waals surface area contributed by atoms with Crippen LogP contribution in [0.25, 0.3) is 0 Å². The summed E-state index contributed by atoms with van der Waals surface area (Å²) >= 11 is 0. The molecule has 6 heteroatoms. The van der Waals surface area contributed by atoms with Gasteiger partial charge in [-0.15, -0.1) is 0 Å². The highest BCUT2D eigenvalue weighted by atomic mass is 19.1. The zero-order valence-electron chi connectivity index (χ0n) is 11.9. The zero-order valence-corrected chi connectivity index (χ0v) is 11.9. The SMILES string of the molecule is O=c1ccn(C2CC(COCc3ccccc3)C2F)c(=O)[nH]1. The molecule has 0 bridgehead atoms. The predicted molar refractivity (Wildman–Crippen MR) is 79.5 cm³/mol. The monoisotopic (exact) mass is 304 g/mol. The van der Waals surface area contributed by atoms with Gasteiger partial charge in [-0.25, -0.2) is 9.18 Å². The second kappa shape index (κ2) is 6.27. The van der Waals surface area contributed by atoms with E-state index in [4.69, 9.17) is 4.74 Å². The van der Waals surface area contributed by atoms with E-state index >= 15 is 0 Å². The fourth-order valence-corrected chi connectivity index (χ4v) is 2.71. The highest BCUT2D eigenvalue weighted by molar-refractivity contribution is 5.13. The topological polar surface area (TPSA) is 64.1 Å². The first-order valence-corrected chi connectivity index (χ1v) is 7.22. The maximum atomic E-state index is 14.2. The van der Waals surface area contributed by atoms with Crippen LogP contribution in [-0.2, 0) is 11.3 Å². The molecule has 1 fully saturated rings. The van der Waals surface area contributed by atoms with Crippen molar-refractivity contribution in [1.82, 2.24) is 9.55 Å². The summed E-state index contributed by atoms with van der Waals surface area (Å²) in [5, 5.41) is 0. The number of ether oxygens (including phenoxy) is 1. The number of rotatable bonds is 5. The Labute approximate surface area is 126 Å². The highest BCUT2D eigenvalue weighted by Crippen LogP contribution is 2.40. The van der Waals surface area contributed by atoms with Crippen molar-refractivity contribution in [3.8, 4) is 0 Å². The van der Waals surface area contributed by atoms with Crippen LogP contribution in [0.2, 0.25) is 0 Å². The molecule has 5 nitrogen and oxygen atoms in total. The number of hydrogen-bond donors (Lipinski definition) is 1. The average Bonchev–Trinajstić information content (AvgIpc) is 2.52. The van der Waals surface area contributed by atoms with Gasteiger partial charge in [-0.2, -0.15) is 0 Å². The van der Waals surface area contributed by atoms with E-state index in [9.17, 15) is 14.0 Å². The minimum Gasteiger partial charge on any atom is -0.376 e. The van der Waals surface area contributed by atoms with Crippen LogP contribution in [0.15, 0.2) is 52.2 Å². The first kappa shape index (κ1) is 14.7. The Hall–Kier alpha value is -2.21. The second-order valence-corrected chi connectivity index (χ2v) is 5.53. The van der Waals surface area contributed by atoms with Gasteiger partial charge in [-0.1, -0.05) is 30.3 Å². The minimum atomic E-state index is -1.14. The van der Waals surface area contributed by atoms with Crippen LogP contribution in [-0.4, -0.2) is 22.3 Å². The number of hydrogen-bond acceptors (Lipinski definition) is 3. The average molecular weight is 304 g/mol. The summed E-state index contributed by atoms with van der Waals surface area (Å²) in [6.45, 7) is 0.776. The molecule has 1 N–H and O–H groups in total. The summed E-state index contributed by atoms with van der Waals surface area (Å²) < 4.78 is 21.0. The van der Waals surface area contributed by atoms with E-state index in [1.54, 1.807) is 0 Å². The number of benzene rings is 1. The number of aromatic nitrogens is 2. The molecule has 0 amide bonds. The highest BCUT2D eigenvalue weighted by Gasteiger charge is 2.43. The molecule has 0 aliphatic heterocycles. The third-order valence-corrected chi connectivity index (χ3v) is 4.01. The molecule has 1 aliphatic rings. The van der Waals surface area contributed by atoms with Gasteiger partial charge in [-0.05, 0) is 12.0 Å². The van der Waals surface area contributed by atoms with Crippen molar-refractivity contribution < 1.29 is 9.13 Å². The molecule has 3 rings (SSSR count). The lowest BCUT2D eigenvalue weighted by Crippen LogP contribution is -2.47. The van der Waals surface area contributed by atoms with Gasteiger partial charge < -0.3 is 4.74 Å². The Bertz CT molecular complexity index is 741. The van der Waals surface area contributed by atoms with Gasteiger partial charge in [0.2, 0.25) is 0 Å². The quantitative estimate of drug-likeness (QED) is 0.913. The van der Waals surface area contributed by atoms with Gasteiger partial charge in [0.1, 0.15) is 6.17 Å². The molecule has 2 aromatic rings. The van der Waals surface area contributed by atoms with E-state index in [2.05, 4.69) is 4.98 Å². The molecular weight excluding hydrogens is 287 g/mol. The summed E-state index contributed by atoms with van der Waals surface area (Å²) in [5.41, 5.74) is 0.00756. The van der Waals surface area contributed by atoms with Crippen LogP contribution < -0.4 is 11.2 Å². The van der Waals surface area contributed by atoms with E-state index in [1.165, 1.54) is 16.8 Å². The standard InChI is InChI=1S/C16H17FN2O3/c17-15-12(10-22-9-11-4-2-1-3-5-11)8-13(15)19-7-6-14(20)18-16(19)21/h1-7,12-13,15H,8-10H2,(H,18,20,21). The molecule has 1 aliphatic carbocycles. The van der Waals surface area contributed by atoms with Gasteiger partial charge in [0, 0.05) is 18.2 Å². The molecule has 116 valence electrons. The predicted octanol–water partition coefficient (Wildman–Crippen LogP) is 1.65. The van der Waals surface area contributed by atoms with Gasteiger partial charge in [0.15, 0.2) is 0 Å². The number of aromatic amines is 1. The molecule has 0 spiro atoms. The van der Waals surface area contributed by atoms with Gasteiger partial charge in [0.25, 0.3) is 5.56 Å². The maximum absolute atomic E-state index is 14.2. The number of nitrogens with zero attached hydrogens (tertiary/aromatic N) is 1. The molecule has 1 aromatic carbocycles. The number of nitrogens with one attached hydrogen (secondary N) is 1. The van der Waals surface area contributed by atoms with Crippen molar-refractivity contribution in [3.05, 3.63) is 69.0 Å². The molecule has 1 aromatic heterocycles. The third kappa shape index (κ3) is 3.01. The Morgan fingerprint density at radius 3 is 2.68 bits per heavy atom. The largest absolute Gasteiger partial charge is 0.376 e. The molecule has 0 radical (unpaired) electrons. The summed E-state index contributed by atoms with van der Waals surface area (Å²) in [4.78, 5) is 24.8. The fourth-order valence-electron chi connectivity index (χ4n) is 2.71. The third-order valence-electron chi connectivity index (χ3n) is 4.01. The number of alkyl halides is 1. The second-order valence-electron chi connectivity index (χ2n) is 5.53. The Kier molecular flexibility index (Phi) is 4.20. The molecule has 0 saturated heterocycles. The lowest BCUT2D eigenvalue weighted by molar-refractivity contribution is -0.0315. The van der Waals surface area contributed by atoms with Gasteiger partial charge in [-0.3, -0.25) is 14.3 Å². The smallest absolute Gasteiger partial charge is 0.328 e. The van der Waals surface area contributed by atoms with Gasteiger partial charge >= 0.3 is 5.69 Å². The summed E-state index contributed by atoms with van der Waals surface area (Å²) in [6, 6.07) is 10.4. The van der Waals surface area contributed by atoms with Crippen LogP contribution in [0.3, 0.4) is 0 Å². The van der Waals surface area contributed by atoms with Crippen molar-refractivity contribution in [3.63, 3.8) is 0 Å². The van der Waals surface area contributed by atoms with E-state index < -0.39 is 23.5 Å². The van der Waals surface area contributed by atoms with Crippen LogP contribution >= 0.6 is 0 Å². The first-order chi connectivity index (χ1) is 10.6. The van der Waals surface area contributed by atoms with Crippen molar-refractivity contribution >= 4 is 0 Å². The van der Waals surface area contributed by atoms with E-state index in [0.29, 0.717) is 19.6 Å².